The first-order chi connectivity index (χ1) is 8.38. The second-order valence-electron chi connectivity index (χ2n) is 4.02. The number of hydrogen-bond acceptors (Lipinski definition) is 2. The monoisotopic (exact) mass is 224 g/mol. The van der Waals surface area contributed by atoms with Crippen molar-refractivity contribution in [2.24, 2.45) is 10.9 Å². The highest BCUT2D eigenvalue weighted by atomic mass is 15.1. The van der Waals surface area contributed by atoms with Crippen molar-refractivity contribution in [1.82, 2.24) is 0 Å². The molecule has 0 spiro atoms. The van der Waals surface area contributed by atoms with E-state index in [1.54, 1.807) is 0 Å². The van der Waals surface area contributed by atoms with Crippen molar-refractivity contribution in [3.05, 3.63) is 71.8 Å². The lowest BCUT2D eigenvalue weighted by atomic mass is 10.0. The molecule has 2 aromatic rings. The highest BCUT2D eigenvalue weighted by Gasteiger charge is 2.02. The number of nitrogens with zero attached hydrogens (tertiary/aromatic N) is 1. The van der Waals surface area contributed by atoms with Crippen molar-refractivity contribution in [3.8, 4) is 0 Å². The highest BCUT2D eigenvalue weighted by Crippen LogP contribution is 2.06. The summed E-state index contributed by atoms with van der Waals surface area (Å²) in [6.07, 6.45) is 1.62. The van der Waals surface area contributed by atoms with Crippen LogP contribution in [0.4, 0.5) is 0 Å². The molecule has 0 saturated carbocycles. The molecule has 17 heavy (non-hydrogen) atoms. The summed E-state index contributed by atoms with van der Waals surface area (Å²) >= 11 is 0. The molecule has 0 fully saturated rings. The number of hydrogen-bond donors (Lipinski definition) is 1. The van der Waals surface area contributed by atoms with Gasteiger partial charge in [0.1, 0.15) is 0 Å². The molecule has 86 valence electrons. The molecule has 0 aliphatic heterocycles. The molecule has 2 nitrogen and oxygen atoms in total. The van der Waals surface area contributed by atoms with Gasteiger partial charge in [-0.3, -0.25) is 0 Å². The Hall–Kier alpha value is -2.09. The number of benzene rings is 2. The summed E-state index contributed by atoms with van der Waals surface area (Å²) in [5, 5.41) is 3.90. The van der Waals surface area contributed by atoms with E-state index < -0.39 is 0 Å². The van der Waals surface area contributed by atoms with Crippen LogP contribution in [0.1, 0.15) is 11.1 Å². The average Bonchev–Trinajstić information content (AvgIpc) is 2.40. The molecule has 0 saturated heterocycles. The second-order valence-corrected chi connectivity index (χ2v) is 4.02. The fourth-order valence-electron chi connectivity index (χ4n) is 1.82. The van der Waals surface area contributed by atoms with Crippen LogP contribution in [0.25, 0.3) is 0 Å². The fraction of sp³-hybridized carbons (Fsp3) is 0.133. The van der Waals surface area contributed by atoms with E-state index in [-0.39, 0.29) is 0 Å². The summed E-state index contributed by atoms with van der Waals surface area (Å²) in [7, 11) is 0. The van der Waals surface area contributed by atoms with Crippen molar-refractivity contribution >= 4 is 5.71 Å². The van der Waals surface area contributed by atoms with Gasteiger partial charge in [-0.15, -0.1) is 0 Å². The Morgan fingerprint density at radius 3 is 1.53 bits per heavy atom. The van der Waals surface area contributed by atoms with Crippen molar-refractivity contribution in [3.63, 3.8) is 0 Å². The Kier molecular flexibility index (Phi) is 3.92. The third-order valence-electron chi connectivity index (χ3n) is 2.68. The molecule has 0 aromatic heterocycles. The molecule has 2 N–H and O–H groups in total. The lowest BCUT2D eigenvalue weighted by Crippen LogP contribution is -2.09. The van der Waals surface area contributed by atoms with Gasteiger partial charge in [0, 0.05) is 18.6 Å². The normalized spacial score (nSPS) is 9.88. The van der Waals surface area contributed by atoms with E-state index >= 15 is 0 Å². The van der Waals surface area contributed by atoms with Gasteiger partial charge in [0.25, 0.3) is 0 Å². The van der Waals surface area contributed by atoms with Gasteiger partial charge in [-0.1, -0.05) is 60.7 Å². The third-order valence-corrected chi connectivity index (χ3v) is 2.68. The molecule has 0 heterocycles. The summed E-state index contributed by atoms with van der Waals surface area (Å²) in [5.41, 5.74) is 3.49. The van der Waals surface area contributed by atoms with E-state index in [0.29, 0.717) is 0 Å². The average molecular weight is 224 g/mol. The van der Waals surface area contributed by atoms with E-state index in [9.17, 15) is 0 Å². The topological polar surface area (TPSA) is 38.4 Å². The van der Waals surface area contributed by atoms with Gasteiger partial charge in [-0.05, 0) is 11.1 Å². The largest absolute Gasteiger partial charge is 0.323 e. The summed E-state index contributed by atoms with van der Waals surface area (Å²) in [5.74, 6) is 5.46. The number of rotatable bonds is 4. The van der Waals surface area contributed by atoms with Crippen LogP contribution in [0.2, 0.25) is 0 Å². The zero-order chi connectivity index (χ0) is 11.9. The lowest BCUT2D eigenvalue weighted by Gasteiger charge is -2.05. The Morgan fingerprint density at radius 2 is 1.18 bits per heavy atom. The van der Waals surface area contributed by atoms with Crippen molar-refractivity contribution < 1.29 is 0 Å². The number of hydrazone groups is 1. The quantitative estimate of drug-likeness (QED) is 0.484. The zero-order valence-corrected chi connectivity index (χ0v) is 9.71. The van der Waals surface area contributed by atoms with Gasteiger partial charge in [0.15, 0.2) is 0 Å². The molecule has 0 bridgehead atoms. The minimum absolute atomic E-state index is 0.812. The van der Waals surface area contributed by atoms with E-state index in [0.717, 1.165) is 18.6 Å². The van der Waals surface area contributed by atoms with Crippen LogP contribution < -0.4 is 5.84 Å². The molecule has 2 heteroatoms. The number of nitrogens with two attached hydrogens (primary N) is 1. The molecule has 0 atom stereocenters. The van der Waals surface area contributed by atoms with Crippen LogP contribution in [0.15, 0.2) is 65.8 Å². The van der Waals surface area contributed by atoms with E-state index in [2.05, 4.69) is 29.4 Å². The predicted molar refractivity (Wildman–Crippen MR) is 71.9 cm³/mol. The molecule has 0 amide bonds. The molecule has 2 aromatic carbocycles. The van der Waals surface area contributed by atoms with Crippen LogP contribution in [0.3, 0.4) is 0 Å². The van der Waals surface area contributed by atoms with Gasteiger partial charge < -0.3 is 5.84 Å². The SMILES string of the molecule is NN=C(Cc1ccccc1)Cc1ccccc1. The van der Waals surface area contributed by atoms with Crippen LogP contribution in [-0.2, 0) is 12.8 Å². The van der Waals surface area contributed by atoms with Crippen molar-refractivity contribution in [1.29, 1.82) is 0 Å². The smallest absolute Gasteiger partial charge is 0.0463 e. The first-order valence-corrected chi connectivity index (χ1v) is 5.72. The first-order valence-electron chi connectivity index (χ1n) is 5.72. The molecule has 0 aliphatic rings. The summed E-state index contributed by atoms with van der Waals surface area (Å²) in [4.78, 5) is 0. The van der Waals surface area contributed by atoms with Gasteiger partial charge in [-0.25, -0.2) is 0 Å². The molecular formula is C15H16N2. The minimum atomic E-state index is 0.812. The Balaban J connectivity index is 2.04. The lowest BCUT2D eigenvalue weighted by molar-refractivity contribution is 1.13. The van der Waals surface area contributed by atoms with E-state index in [1.807, 2.05) is 36.4 Å². The van der Waals surface area contributed by atoms with Gasteiger partial charge in [0.2, 0.25) is 0 Å². The summed E-state index contributed by atoms with van der Waals surface area (Å²) in [6.45, 7) is 0. The molecule has 2 rings (SSSR count). The Bertz CT molecular complexity index is 431. The minimum Gasteiger partial charge on any atom is -0.323 e. The summed E-state index contributed by atoms with van der Waals surface area (Å²) < 4.78 is 0. The second kappa shape index (κ2) is 5.85. The maximum Gasteiger partial charge on any atom is 0.0463 e. The van der Waals surface area contributed by atoms with E-state index in [4.69, 9.17) is 5.84 Å². The maximum absolute atomic E-state index is 5.46. The van der Waals surface area contributed by atoms with E-state index in [1.165, 1.54) is 11.1 Å². The Labute approximate surface area is 102 Å². The maximum atomic E-state index is 5.46. The van der Waals surface area contributed by atoms with Crippen LogP contribution in [0.5, 0.6) is 0 Å². The predicted octanol–water partition coefficient (Wildman–Crippen LogP) is 2.79. The summed E-state index contributed by atoms with van der Waals surface area (Å²) in [6, 6.07) is 20.5. The molecule has 0 unspecified atom stereocenters. The molecule has 0 aliphatic carbocycles. The first kappa shape index (κ1) is 11.4. The zero-order valence-electron chi connectivity index (χ0n) is 9.71. The van der Waals surface area contributed by atoms with Crippen molar-refractivity contribution in [2.75, 3.05) is 0 Å². The van der Waals surface area contributed by atoms with Crippen LogP contribution in [0, 0.1) is 0 Å². The van der Waals surface area contributed by atoms with Crippen molar-refractivity contribution in [2.45, 2.75) is 12.8 Å². The van der Waals surface area contributed by atoms with Crippen LogP contribution in [-0.4, -0.2) is 5.71 Å². The third kappa shape index (κ3) is 3.45. The van der Waals surface area contributed by atoms with Gasteiger partial charge in [0.05, 0.1) is 0 Å². The highest BCUT2D eigenvalue weighted by molar-refractivity contribution is 5.88. The van der Waals surface area contributed by atoms with Gasteiger partial charge >= 0.3 is 0 Å². The molecular weight excluding hydrogens is 208 g/mol. The van der Waals surface area contributed by atoms with Crippen LogP contribution >= 0.6 is 0 Å². The molecule has 0 radical (unpaired) electrons. The standard InChI is InChI=1S/C15H16N2/c16-17-15(11-13-7-3-1-4-8-13)12-14-9-5-2-6-10-14/h1-10H,11-12,16H2. The Morgan fingerprint density at radius 1 is 0.765 bits per heavy atom. The van der Waals surface area contributed by atoms with Gasteiger partial charge in [-0.2, -0.15) is 5.10 Å². The fourth-order valence-corrected chi connectivity index (χ4v) is 1.82.